The summed E-state index contributed by atoms with van der Waals surface area (Å²) >= 11 is 0. The smallest absolute Gasteiger partial charge is 0.258 e. The lowest BCUT2D eigenvalue weighted by atomic mass is 10.1. The molecule has 0 aliphatic carbocycles. The summed E-state index contributed by atoms with van der Waals surface area (Å²) in [6.45, 7) is 7.64. The number of pyridine rings is 1. The van der Waals surface area contributed by atoms with E-state index in [-0.39, 0.29) is 5.91 Å². The Morgan fingerprint density at radius 2 is 1.95 bits per heavy atom. The minimum absolute atomic E-state index is 0.185. The van der Waals surface area contributed by atoms with Gasteiger partial charge in [-0.2, -0.15) is 0 Å². The second kappa shape index (κ2) is 5.26. The molecule has 0 atom stereocenters. The van der Waals surface area contributed by atoms with Crippen molar-refractivity contribution in [3.8, 4) is 0 Å². The quantitative estimate of drug-likeness (QED) is 0.782. The van der Waals surface area contributed by atoms with Crippen molar-refractivity contribution in [2.45, 2.75) is 27.7 Å². The number of fused-ring (bicyclic) bond motifs is 1. The van der Waals surface area contributed by atoms with Crippen LogP contribution in [0.15, 0.2) is 28.8 Å². The van der Waals surface area contributed by atoms with Gasteiger partial charge in [-0.3, -0.25) is 4.79 Å². The molecule has 0 fully saturated rings. The predicted octanol–water partition coefficient (Wildman–Crippen LogP) is 3.71. The molecule has 1 N–H and O–H groups in total. The van der Waals surface area contributed by atoms with Crippen LogP contribution in [0.2, 0.25) is 0 Å². The van der Waals surface area contributed by atoms with Crippen LogP contribution in [0.4, 0.5) is 5.69 Å². The molecule has 0 aliphatic rings. The number of hydrogen-bond acceptors (Lipinski definition) is 4. The molecule has 0 radical (unpaired) electrons. The third-order valence-corrected chi connectivity index (χ3v) is 3.84. The maximum atomic E-state index is 12.7. The zero-order valence-corrected chi connectivity index (χ0v) is 13.0. The normalized spacial score (nSPS) is 10.9. The lowest BCUT2D eigenvalue weighted by molar-refractivity contribution is 0.102. The monoisotopic (exact) mass is 295 g/mol. The van der Waals surface area contributed by atoms with Gasteiger partial charge in [0.25, 0.3) is 11.6 Å². The van der Waals surface area contributed by atoms with Gasteiger partial charge in [-0.05, 0) is 51.0 Å². The SMILES string of the molecule is Cc1cc(C(=O)Nc2cccc(C)c2C)c2c(C)noc2n1. The molecule has 3 aromatic rings. The molecule has 112 valence electrons. The molecule has 0 bridgehead atoms. The molecule has 5 heteroatoms. The Kier molecular flexibility index (Phi) is 3.41. The van der Waals surface area contributed by atoms with Gasteiger partial charge in [0, 0.05) is 11.4 Å². The van der Waals surface area contributed by atoms with Crippen molar-refractivity contribution in [1.29, 1.82) is 0 Å². The molecule has 0 saturated carbocycles. The maximum absolute atomic E-state index is 12.7. The van der Waals surface area contributed by atoms with E-state index in [9.17, 15) is 4.79 Å². The van der Waals surface area contributed by atoms with Crippen molar-refractivity contribution in [2.75, 3.05) is 5.32 Å². The summed E-state index contributed by atoms with van der Waals surface area (Å²) in [6.07, 6.45) is 0. The van der Waals surface area contributed by atoms with E-state index >= 15 is 0 Å². The van der Waals surface area contributed by atoms with Crippen LogP contribution in [0, 0.1) is 27.7 Å². The van der Waals surface area contributed by atoms with E-state index < -0.39 is 0 Å². The van der Waals surface area contributed by atoms with Crippen LogP contribution in [0.5, 0.6) is 0 Å². The fourth-order valence-electron chi connectivity index (χ4n) is 2.47. The number of aromatic nitrogens is 2. The van der Waals surface area contributed by atoms with Gasteiger partial charge in [0.15, 0.2) is 0 Å². The zero-order valence-electron chi connectivity index (χ0n) is 13.0. The average molecular weight is 295 g/mol. The maximum Gasteiger partial charge on any atom is 0.258 e. The molecule has 3 rings (SSSR count). The summed E-state index contributed by atoms with van der Waals surface area (Å²) in [7, 11) is 0. The molecular formula is C17H17N3O2. The summed E-state index contributed by atoms with van der Waals surface area (Å²) in [5.74, 6) is -0.185. The van der Waals surface area contributed by atoms with Crippen molar-refractivity contribution < 1.29 is 9.32 Å². The zero-order chi connectivity index (χ0) is 15.9. The highest BCUT2D eigenvalue weighted by Crippen LogP contribution is 2.24. The number of nitrogens with one attached hydrogen (secondary N) is 1. The fraction of sp³-hybridized carbons (Fsp3) is 0.235. The van der Waals surface area contributed by atoms with Crippen LogP contribution in [0.3, 0.4) is 0 Å². The fourth-order valence-corrected chi connectivity index (χ4v) is 2.47. The van der Waals surface area contributed by atoms with E-state index in [0.29, 0.717) is 22.4 Å². The Labute approximate surface area is 128 Å². The number of benzene rings is 1. The lowest BCUT2D eigenvalue weighted by Gasteiger charge is -2.11. The summed E-state index contributed by atoms with van der Waals surface area (Å²) in [4.78, 5) is 17.0. The summed E-state index contributed by atoms with van der Waals surface area (Å²) in [6, 6.07) is 7.60. The number of anilines is 1. The van der Waals surface area contributed by atoms with Crippen molar-refractivity contribution in [2.24, 2.45) is 0 Å². The number of hydrogen-bond donors (Lipinski definition) is 1. The molecule has 2 heterocycles. The average Bonchev–Trinajstić information content (AvgIpc) is 2.84. The van der Waals surface area contributed by atoms with Crippen LogP contribution in [-0.2, 0) is 0 Å². The van der Waals surface area contributed by atoms with Gasteiger partial charge in [-0.1, -0.05) is 17.3 Å². The number of aryl methyl sites for hydroxylation is 3. The summed E-state index contributed by atoms with van der Waals surface area (Å²) < 4.78 is 5.17. The highest BCUT2D eigenvalue weighted by Gasteiger charge is 2.18. The molecule has 0 aliphatic heterocycles. The van der Waals surface area contributed by atoms with E-state index in [1.165, 1.54) is 0 Å². The standard InChI is InChI=1S/C17H17N3O2/c1-9-6-5-7-14(11(9)3)19-16(21)13-8-10(2)18-17-15(13)12(4)20-22-17/h5-8H,1-4H3,(H,19,21). The molecule has 1 aromatic carbocycles. The van der Waals surface area contributed by atoms with Crippen LogP contribution in [0.25, 0.3) is 11.1 Å². The first-order valence-electron chi connectivity index (χ1n) is 7.08. The first-order valence-corrected chi connectivity index (χ1v) is 7.08. The van der Waals surface area contributed by atoms with Crippen molar-refractivity contribution in [3.05, 3.63) is 52.3 Å². The first kappa shape index (κ1) is 14.3. The topological polar surface area (TPSA) is 68.0 Å². The number of nitrogens with zero attached hydrogens (tertiary/aromatic N) is 2. The van der Waals surface area contributed by atoms with E-state index in [4.69, 9.17) is 4.52 Å². The van der Waals surface area contributed by atoms with Gasteiger partial charge in [-0.15, -0.1) is 0 Å². The Morgan fingerprint density at radius 1 is 1.18 bits per heavy atom. The molecule has 1 amide bonds. The Bertz CT molecular complexity index is 881. The number of carbonyl (C=O) groups excluding carboxylic acids is 1. The second-order valence-corrected chi connectivity index (χ2v) is 5.46. The van der Waals surface area contributed by atoms with Crippen molar-refractivity contribution in [3.63, 3.8) is 0 Å². The predicted molar refractivity (Wildman–Crippen MR) is 85.1 cm³/mol. The molecular weight excluding hydrogens is 278 g/mol. The third kappa shape index (κ3) is 2.35. The second-order valence-electron chi connectivity index (χ2n) is 5.46. The molecule has 0 saturated heterocycles. The van der Waals surface area contributed by atoms with Gasteiger partial charge in [0.05, 0.1) is 16.6 Å². The molecule has 0 unspecified atom stereocenters. The third-order valence-electron chi connectivity index (χ3n) is 3.84. The molecule has 22 heavy (non-hydrogen) atoms. The lowest BCUT2D eigenvalue weighted by Crippen LogP contribution is -2.14. The number of carbonyl (C=O) groups is 1. The van der Waals surface area contributed by atoms with Gasteiger partial charge in [0.2, 0.25) is 0 Å². The van der Waals surface area contributed by atoms with Crippen molar-refractivity contribution >= 4 is 22.7 Å². The minimum Gasteiger partial charge on any atom is -0.336 e. The number of amides is 1. The Balaban J connectivity index is 2.06. The first-order chi connectivity index (χ1) is 10.5. The van der Waals surface area contributed by atoms with E-state index in [1.807, 2.05) is 39.0 Å². The van der Waals surface area contributed by atoms with Crippen LogP contribution in [0.1, 0.15) is 32.9 Å². The Hall–Kier alpha value is -2.69. The highest BCUT2D eigenvalue weighted by atomic mass is 16.5. The van der Waals surface area contributed by atoms with Gasteiger partial charge < -0.3 is 9.84 Å². The summed E-state index contributed by atoms with van der Waals surface area (Å²) in [5.41, 5.74) is 5.30. The molecule has 0 spiro atoms. The number of rotatable bonds is 2. The summed E-state index contributed by atoms with van der Waals surface area (Å²) in [5, 5.41) is 7.53. The van der Waals surface area contributed by atoms with Gasteiger partial charge in [0.1, 0.15) is 0 Å². The highest BCUT2D eigenvalue weighted by molar-refractivity contribution is 6.12. The van der Waals surface area contributed by atoms with Crippen LogP contribution in [-0.4, -0.2) is 16.0 Å². The van der Waals surface area contributed by atoms with Gasteiger partial charge >= 0.3 is 0 Å². The molecule has 2 aromatic heterocycles. The minimum atomic E-state index is -0.185. The Morgan fingerprint density at radius 3 is 2.73 bits per heavy atom. The van der Waals surface area contributed by atoms with E-state index in [0.717, 1.165) is 22.5 Å². The molecule has 5 nitrogen and oxygen atoms in total. The van der Waals surface area contributed by atoms with E-state index in [1.54, 1.807) is 13.0 Å². The van der Waals surface area contributed by atoms with E-state index in [2.05, 4.69) is 15.5 Å². The van der Waals surface area contributed by atoms with Crippen molar-refractivity contribution in [1.82, 2.24) is 10.1 Å². The van der Waals surface area contributed by atoms with Gasteiger partial charge in [-0.25, -0.2) is 4.98 Å². The van der Waals surface area contributed by atoms with Crippen LogP contribution < -0.4 is 5.32 Å². The van der Waals surface area contributed by atoms with Crippen LogP contribution >= 0.6 is 0 Å². The largest absolute Gasteiger partial charge is 0.336 e.